The Morgan fingerprint density at radius 2 is 1.86 bits per heavy atom. The second-order valence-corrected chi connectivity index (χ2v) is 5.13. The summed E-state index contributed by atoms with van der Waals surface area (Å²) < 4.78 is 0. The third-order valence-corrected chi connectivity index (χ3v) is 3.36. The third kappa shape index (κ3) is 1.92. The smallest absolute Gasteiger partial charge is 0.238 e. The Kier molecular flexibility index (Phi) is 2.52. The molecule has 3 heteroatoms. The molecule has 0 radical (unpaired) electrons. The average molecular weight is 196 g/mol. The monoisotopic (exact) mass is 196 g/mol. The zero-order valence-electron chi connectivity index (χ0n) is 9.10. The molecule has 14 heavy (non-hydrogen) atoms. The fraction of sp³-hybridized carbons (Fsp3) is 0.909. The molecule has 1 atom stereocenters. The fourth-order valence-corrected chi connectivity index (χ4v) is 2.68. The van der Waals surface area contributed by atoms with Crippen molar-refractivity contribution in [2.24, 2.45) is 5.92 Å². The lowest BCUT2D eigenvalue weighted by Crippen LogP contribution is -2.45. The van der Waals surface area contributed by atoms with Gasteiger partial charge in [-0.2, -0.15) is 0 Å². The van der Waals surface area contributed by atoms with Gasteiger partial charge in [0.05, 0.1) is 11.7 Å². The Labute approximate surface area is 85.6 Å². The van der Waals surface area contributed by atoms with E-state index in [0.717, 1.165) is 0 Å². The van der Waals surface area contributed by atoms with Gasteiger partial charge in [0.15, 0.2) is 0 Å². The van der Waals surface area contributed by atoms with Crippen molar-refractivity contribution >= 4 is 5.91 Å². The predicted octanol–water partition coefficient (Wildman–Crippen LogP) is 1.39. The number of carbonyl (C=O) groups is 1. The number of nitrogens with one attached hydrogen (secondary N) is 2. The number of rotatable bonds is 1. The Morgan fingerprint density at radius 1 is 1.21 bits per heavy atom. The van der Waals surface area contributed by atoms with E-state index in [-0.39, 0.29) is 17.6 Å². The first-order chi connectivity index (χ1) is 6.58. The van der Waals surface area contributed by atoms with Crippen molar-refractivity contribution in [2.75, 3.05) is 0 Å². The lowest BCUT2D eigenvalue weighted by Gasteiger charge is -2.27. The topological polar surface area (TPSA) is 41.1 Å². The van der Waals surface area contributed by atoms with Gasteiger partial charge in [-0.3, -0.25) is 10.1 Å². The molecule has 0 bridgehead atoms. The van der Waals surface area contributed by atoms with Crippen LogP contribution in [0.2, 0.25) is 0 Å². The Morgan fingerprint density at radius 3 is 2.36 bits per heavy atom. The van der Waals surface area contributed by atoms with Gasteiger partial charge in [-0.1, -0.05) is 19.3 Å². The molecule has 0 spiro atoms. The van der Waals surface area contributed by atoms with Gasteiger partial charge < -0.3 is 5.32 Å². The van der Waals surface area contributed by atoms with E-state index in [1.165, 1.54) is 32.1 Å². The number of carbonyl (C=O) groups excluding carboxylic acids is 1. The van der Waals surface area contributed by atoms with Crippen LogP contribution in [-0.4, -0.2) is 17.6 Å². The predicted molar refractivity (Wildman–Crippen MR) is 55.7 cm³/mol. The highest BCUT2D eigenvalue weighted by Crippen LogP contribution is 2.29. The van der Waals surface area contributed by atoms with Crippen molar-refractivity contribution in [3.05, 3.63) is 0 Å². The summed E-state index contributed by atoms with van der Waals surface area (Å²) in [5, 5.41) is 6.38. The highest BCUT2D eigenvalue weighted by Gasteiger charge is 2.40. The quantitative estimate of drug-likeness (QED) is 0.665. The van der Waals surface area contributed by atoms with Crippen molar-refractivity contribution in [1.82, 2.24) is 10.6 Å². The van der Waals surface area contributed by atoms with E-state index in [4.69, 9.17) is 0 Å². The summed E-state index contributed by atoms with van der Waals surface area (Å²) in [6, 6.07) is 0.0605. The second kappa shape index (κ2) is 3.54. The van der Waals surface area contributed by atoms with Crippen LogP contribution in [0.15, 0.2) is 0 Å². The molecule has 2 fully saturated rings. The summed E-state index contributed by atoms with van der Waals surface area (Å²) in [5.74, 6) is 0.757. The lowest BCUT2D eigenvalue weighted by molar-refractivity contribution is -0.122. The summed E-state index contributed by atoms with van der Waals surface area (Å²) in [6.07, 6.45) is 6.34. The van der Waals surface area contributed by atoms with Crippen LogP contribution in [0.25, 0.3) is 0 Å². The minimum atomic E-state index is -0.209. The zero-order valence-corrected chi connectivity index (χ0v) is 9.10. The molecule has 0 aromatic carbocycles. The Balaban J connectivity index is 2.00. The maximum Gasteiger partial charge on any atom is 0.238 e. The molecule has 1 heterocycles. The van der Waals surface area contributed by atoms with Crippen LogP contribution in [0.5, 0.6) is 0 Å². The normalized spacial score (nSPS) is 33.0. The SMILES string of the molecule is CC1(C)NC(=O)[C@H](C2CCCCC2)N1. The van der Waals surface area contributed by atoms with Crippen LogP contribution in [0.3, 0.4) is 0 Å². The number of hydrogen-bond donors (Lipinski definition) is 2. The van der Waals surface area contributed by atoms with Gasteiger partial charge >= 0.3 is 0 Å². The van der Waals surface area contributed by atoms with Crippen LogP contribution < -0.4 is 10.6 Å². The van der Waals surface area contributed by atoms with Gasteiger partial charge in [0.1, 0.15) is 0 Å². The highest BCUT2D eigenvalue weighted by atomic mass is 16.2. The molecule has 80 valence electrons. The number of amides is 1. The molecule has 1 saturated heterocycles. The molecule has 2 aliphatic rings. The lowest BCUT2D eigenvalue weighted by atomic mass is 9.84. The van der Waals surface area contributed by atoms with Gasteiger partial charge in [-0.15, -0.1) is 0 Å². The molecule has 0 aromatic rings. The van der Waals surface area contributed by atoms with Gasteiger partial charge in [-0.25, -0.2) is 0 Å². The van der Waals surface area contributed by atoms with E-state index in [9.17, 15) is 4.79 Å². The molecule has 2 rings (SSSR count). The van der Waals surface area contributed by atoms with Gasteiger partial charge in [0.2, 0.25) is 5.91 Å². The highest BCUT2D eigenvalue weighted by molar-refractivity contribution is 5.85. The van der Waals surface area contributed by atoms with Crippen molar-refractivity contribution in [3.8, 4) is 0 Å². The molecule has 3 nitrogen and oxygen atoms in total. The van der Waals surface area contributed by atoms with Crippen molar-refractivity contribution in [1.29, 1.82) is 0 Å². The van der Waals surface area contributed by atoms with Gasteiger partial charge in [0.25, 0.3) is 0 Å². The summed E-state index contributed by atoms with van der Waals surface area (Å²) in [6.45, 7) is 4.04. The first kappa shape index (κ1) is 9.97. The first-order valence-corrected chi connectivity index (χ1v) is 5.68. The summed E-state index contributed by atoms with van der Waals surface area (Å²) in [7, 11) is 0. The van der Waals surface area contributed by atoms with Gasteiger partial charge in [-0.05, 0) is 32.6 Å². The van der Waals surface area contributed by atoms with Crippen LogP contribution >= 0.6 is 0 Å². The molecule has 0 aromatic heterocycles. The molecular weight excluding hydrogens is 176 g/mol. The largest absolute Gasteiger partial charge is 0.337 e. The molecule has 1 aliphatic carbocycles. The van der Waals surface area contributed by atoms with Gasteiger partial charge in [0, 0.05) is 0 Å². The minimum Gasteiger partial charge on any atom is -0.337 e. The second-order valence-electron chi connectivity index (χ2n) is 5.13. The summed E-state index contributed by atoms with van der Waals surface area (Å²) in [4.78, 5) is 11.7. The van der Waals surface area contributed by atoms with E-state index in [1.54, 1.807) is 0 Å². The molecule has 1 aliphatic heterocycles. The van der Waals surface area contributed by atoms with E-state index < -0.39 is 0 Å². The van der Waals surface area contributed by atoms with Crippen molar-refractivity contribution in [2.45, 2.75) is 57.7 Å². The minimum absolute atomic E-state index is 0.0605. The van der Waals surface area contributed by atoms with E-state index >= 15 is 0 Å². The molecule has 1 amide bonds. The van der Waals surface area contributed by atoms with Crippen LogP contribution in [0, 0.1) is 5.92 Å². The Bertz CT molecular complexity index is 231. The summed E-state index contributed by atoms with van der Waals surface area (Å²) in [5.41, 5.74) is -0.209. The fourth-order valence-electron chi connectivity index (χ4n) is 2.68. The van der Waals surface area contributed by atoms with Crippen LogP contribution in [0.4, 0.5) is 0 Å². The first-order valence-electron chi connectivity index (χ1n) is 5.68. The Hall–Kier alpha value is -0.570. The van der Waals surface area contributed by atoms with Crippen LogP contribution in [-0.2, 0) is 4.79 Å². The zero-order chi connectivity index (χ0) is 10.2. The maximum absolute atomic E-state index is 11.7. The molecule has 1 saturated carbocycles. The third-order valence-electron chi connectivity index (χ3n) is 3.36. The summed E-state index contributed by atoms with van der Waals surface area (Å²) >= 11 is 0. The standard InChI is InChI=1S/C11H20N2O/c1-11(2)12-9(10(14)13-11)8-6-4-3-5-7-8/h8-9,12H,3-7H2,1-2H3,(H,13,14)/t9-/m0/s1. The van der Waals surface area contributed by atoms with Crippen LogP contribution in [0.1, 0.15) is 46.0 Å². The maximum atomic E-state index is 11.7. The molecular formula is C11H20N2O. The number of hydrogen-bond acceptors (Lipinski definition) is 2. The molecule has 2 N–H and O–H groups in total. The van der Waals surface area contributed by atoms with E-state index in [1.807, 2.05) is 13.8 Å². The van der Waals surface area contributed by atoms with E-state index in [2.05, 4.69) is 10.6 Å². The van der Waals surface area contributed by atoms with E-state index in [0.29, 0.717) is 5.92 Å². The van der Waals surface area contributed by atoms with Crippen molar-refractivity contribution in [3.63, 3.8) is 0 Å². The molecule has 0 unspecified atom stereocenters. The van der Waals surface area contributed by atoms with Crippen molar-refractivity contribution < 1.29 is 4.79 Å². The average Bonchev–Trinajstić information content (AvgIpc) is 2.41.